The molecule has 1 N–H and O–H groups in total. The Hall–Kier alpha value is -2.03. The summed E-state index contributed by atoms with van der Waals surface area (Å²) in [6, 6.07) is 11.0. The SMILES string of the molecule is COc1ccccc1-c1ccc(O)cn1. The number of aromatic hydroxyl groups is 1. The highest BCUT2D eigenvalue weighted by Gasteiger charge is 2.05. The maximum absolute atomic E-state index is 9.14. The number of aromatic nitrogens is 1. The first-order chi connectivity index (χ1) is 7.31. The summed E-state index contributed by atoms with van der Waals surface area (Å²) in [5.74, 6) is 0.935. The Bertz CT molecular complexity index is 451. The number of benzene rings is 1. The van der Waals surface area contributed by atoms with Crippen LogP contribution in [0.25, 0.3) is 11.3 Å². The second-order valence-corrected chi connectivity index (χ2v) is 3.10. The van der Waals surface area contributed by atoms with Gasteiger partial charge in [0.15, 0.2) is 0 Å². The van der Waals surface area contributed by atoms with E-state index in [1.54, 1.807) is 19.2 Å². The largest absolute Gasteiger partial charge is 0.506 e. The molecule has 2 aromatic rings. The van der Waals surface area contributed by atoms with Crippen LogP contribution in [0.15, 0.2) is 42.6 Å². The molecule has 0 aliphatic rings. The zero-order valence-corrected chi connectivity index (χ0v) is 8.34. The van der Waals surface area contributed by atoms with E-state index in [1.807, 2.05) is 24.3 Å². The van der Waals surface area contributed by atoms with Crippen LogP contribution in [0.3, 0.4) is 0 Å². The fraction of sp³-hybridized carbons (Fsp3) is 0.0833. The van der Waals surface area contributed by atoms with E-state index in [9.17, 15) is 0 Å². The molecule has 1 aromatic heterocycles. The van der Waals surface area contributed by atoms with Crippen molar-refractivity contribution in [3.63, 3.8) is 0 Å². The van der Waals surface area contributed by atoms with Gasteiger partial charge in [-0.25, -0.2) is 0 Å². The maximum atomic E-state index is 9.14. The minimum atomic E-state index is 0.161. The summed E-state index contributed by atoms with van der Waals surface area (Å²) in [5.41, 5.74) is 1.70. The molecule has 3 heteroatoms. The Morgan fingerprint density at radius 2 is 1.93 bits per heavy atom. The van der Waals surface area contributed by atoms with Gasteiger partial charge in [0.05, 0.1) is 19.0 Å². The van der Waals surface area contributed by atoms with Crippen molar-refractivity contribution in [2.75, 3.05) is 7.11 Å². The lowest BCUT2D eigenvalue weighted by atomic mass is 10.1. The number of pyridine rings is 1. The highest BCUT2D eigenvalue weighted by atomic mass is 16.5. The van der Waals surface area contributed by atoms with E-state index in [-0.39, 0.29) is 5.75 Å². The van der Waals surface area contributed by atoms with E-state index in [0.29, 0.717) is 0 Å². The first-order valence-electron chi connectivity index (χ1n) is 4.59. The van der Waals surface area contributed by atoms with Gasteiger partial charge in [-0.2, -0.15) is 0 Å². The first kappa shape index (κ1) is 9.52. The quantitative estimate of drug-likeness (QED) is 0.811. The standard InChI is InChI=1S/C12H11NO2/c1-15-12-5-3-2-4-10(12)11-7-6-9(14)8-13-11/h2-8,14H,1H3. The van der Waals surface area contributed by atoms with E-state index in [4.69, 9.17) is 9.84 Å². The predicted molar refractivity (Wildman–Crippen MR) is 57.9 cm³/mol. The van der Waals surface area contributed by atoms with Gasteiger partial charge in [0.25, 0.3) is 0 Å². The summed E-state index contributed by atoms with van der Waals surface area (Å²) in [6.07, 6.45) is 1.42. The van der Waals surface area contributed by atoms with Crippen molar-refractivity contribution in [2.45, 2.75) is 0 Å². The molecule has 0 amide bonds. The molecule has 1 aromatic carbocycles. The van der Waals surface area contributed by atoms with Crippen molar-refractivity contribution < 1.29 is 9.84 Å². The first-order valence-corrected chi connectivity index (χ1v) is 4.59. The van der Waals surface area contributed by atoms with Crippen LogP contribution in [-0.4, -0.2) is 17.2 Å². The van der Waals surface area contributed by atoms with Crippen LogP contribution in [0.2, 0.25) is 0 Å². The zero-order valence-electron chi connectivity index (χ0n) is 8.34. The zero-order chi connectivity index (χ0) is 10.7. The Labute approximate surface area is 88.0 Å². The molecule has 0 radical (unpaired) electrons. The molecule has 3 nitrogen and oxygen atoms in total. The Morgan fingerprint density at radius 1 is 1.13 bits per heavy atom. The van der Waals surface area contributed by atoms with Gasteiger partial charge in [0, 0.05) is 5.56 Å². The van der Waals surface area contributed by atoms with Gasteiger partial charge in [-0.05, 0) is 24.3 Å². The lowest BCUT2D eigenvalue weighted by molar-refractivity contribution is 0.416. The van der Waals surface area contributed by atoms with Crippen molar-refractivity contribution in [1.29, 1.82) is 0 Å². The number of hydrogen-bond acceptors (Lipinski definition) is 3. The lowest BCUT2D eigenvalue weighted by Gasteiger charge is -2.06. The molecule has 15 heavy (non-hydrogen) atoms. The third kappa shape index (κ3) is 1.91. The molecule has 0 atom stereocenters. The smallest absolute Gasteiger partial charge is 0.133 e. The molecule has 0 saturated heterocycles. The molecule has 0 saturated carbocycles. The number of methoxy groups -OCH3 is 1. The summed E-state index contributed by atoms with van der Waals surface area (Å²) in [6.45, 7) is 0. The number of ether oxygens (including phenoxy) is 1. The van der Waals surface area contributed by atoms with E-state index >= 15 is 0 Å². The Kier molecular flexibility index (Phi) is 2.54. The Balaban J connectivity index is 2.49. The highest BCUT2D eigenvalue weighted by molar-refractivity contribution is 5.67. The monoisotopic (exact) mass is 201 g/mol. The Morgan fingerprint density at radius 3 is 2.60 bits per heavy atom. The molecule has 0 aliphatic carbocycles. The second-order valence-electron chi connectivity index (χ2n) is 3.10. The van der Waals surface area contributed by atoms with Crippen LogP contribution < -0.4 is 4.74 Å². The van der Waals surface area contributed by atoms with Crippen molar-refractivity contribution in [1.82, 2.24) is 4.98 Å². The topological polar surface area (TPSA) is 42.4 Å². The molecule has 0 unspecified atom stereocenters. The number of rotatable bonds is 2. The van der Waals surface area contributed by atoms with Crippen LogP contribution >= 0.6 is 0 Å². The second kappa shape index (κ2) is 4.00. The number of nitrogens with zero attached hydrogens (tertiary/aromatic N) is 1. The van der Waals surface area contributed by atoms with Gasteiger partial charge in [-0.15, -0.1) is 0 Å². The predicted octanol–water partition coefficient (Wildman–Crippen LogP) is 2.46. The van der Waals surface area contributed by atoms with Gasteiger partial charge < -0.3 is 9.84 Å². The van der Waals surface area contributed by atoms with Crippen LogP contribution in [0.4, 0.5) is 0 Å². The van der Waals surface area contributed by atoms with E-state index in [1.165, 1.54) is 6.20 Å². The fourth-order valence-electron chi connectivity index (χ4n) is 1.40. The average Bonchev–Trinajstić information content (AvgIpc) is 2.30. The summed E-state index contributed by atoms with van der Waals surface area (Å²) in [4.78, 5) is 4.13. The lowest BCUT2D eigenvalue weighted by Crippen LogP contribution is -1.88. The average molecular weight is 201 g/mol. The number of para-hydroxylation sites is 1. The maximum Gasteiger partial charge on any atom is 0.133 e. The van der Waals surface area contributed by atoms with Crippen LogP contribution in [0.1, 0.15) is 0 Å². The summed E-state index contributed by atoms with van der Waals surface area (Å²) < 4.78 is 5.23. The third-order valence-electron chi connectivity index (χ3n) is 2.13. The third-order valence-corrected chi connectivity index (χ3v) is 2.13. The van der Waals surface area contributed by atoms with Gasteiger partial charge in [-0.3, -0.25) is 4.98 Å². The van der Waals surface area contributed by atoms with Crippen molar-refractivity contribution in [3.05, 3.63) is 42.6 Å². The molecule has 0 spiro atoms. The van der Waals surface area contributed by atoms with Crippen LogP contribution in [0.5, 0.6) is 11.5 Å². The summed E-state index contributed by atoms with van der Waals surface area (Å²) in [5, 5.41) is 9.14. The van der Waals surface area contributed by atoms with Crippen molar-refractivity contribution in [3.8, 4) is 22.8 Å². The van der Waals surface area contributed by atoms with Crippen molar-refractivity contribution >= 4 is 0 Å². The molecule has 76 valence electrons. The normalized spacial score (nSPS) is 9.93. The summed E-state index contributed by atoms with van der Waals surface area (Å²) >= 11 is 0. The molecule has 2 rings (SSSR count). The van der Waals surface area contributed by atoms with Gasteiger partial charge in [0.1, 0.15) is 11.5 Å². The van der Waals surface area contributed by atoms with Gasteiger partial charge in [0.2, 0.25) is 0 Å². The van der Waals surface area contributed by atoms with Crippen LogP contribution in [-0.2, 0) is 0 Å². The molecule has 0 bridgehead atoms. The van der Waals surface area contributed by atoms with E-state index in [2.05, 4.69) is 4.98 Å². The van der Waals surface area contributed by atoms with Gasteiger partial charge >= 0.3 is 0 Å². The molecular formula is C12H11NO2. The van der Waals surface area contributed by atoms with E-state index in [0.717, 1.165) is 17.0 Å². The highest BCUT2D eigenvalue weighted by Crippen LogP contribution is 2.28. The fourth-order valence-corrected chi connectivity index (χ4v) is 1.40. The molecular weight excluding hydrogens is 190 g/mol. The molecule has 0 fully saturated rings. The summed E-state index contributed by atoms with van der Waals surface area (Å²) in [7, 11) is 1.62. The van der Waals surface area contributed by atoms with Crippen LogP contribution in [0, 0.1) is 0 Å². The minimum absolute atomic E-state index is 0.161. The number of hydrogen-bond donors (Lipinski definition) is 1. The van der Waals surface area contributed by atoms with Gasteiger partial charge in [-0.1, -0.05) is 12.1 Å². The molecule has 1 heterocycles. The van der Waals surface area contributed by atoms with E-state index < -0.39 is 0 Å². The molecule has 0 aliphatic heterocycles. The van der Waals surface area contributed by atoms with Crippen molar-refractivity contribution in [2.24, 2.45) is 0 Å². The minimum Gasteiger partial charge on any atom is -0.506 e.